The zero-order chi connectivity index (χ0) is 14.5. The van der Waals surface area contributed by atoms with Crippen molar-refractivity contribution in [1.29, 1.82) is 0 Å². The number of hydrogen-bond acceptors (Lipinski definition) is 2. The van der Waals surface area contributed by atoms with E-state index in [1.54, 1.807) is 0 Å². The Labute approximate surface area is 120 Å². The molecule has 2 rings (SSSR count). The van der Waals surface area contributed by atoms with Crippen LogP contribution in [0.3, 0.4) is 0 Å². The van der Waals surface area contributed by atoms with Gasteiger partial charge in [-0.25, -0.2) is 4.39 Å². The fraction of sp³-hybridized carbons (Fsp3) is 0.353. The number of aryl methyl sites for hydroxylation is 1. The van der Waals surface area contributed by atoms with Crippen LogP contribution in [0.5, 0.6) is 0 Å². The highest BCUT2D eigenvalue weighted by atomic mass is 19.1. The van der Waals surface area contributed by atoms with Crippen LogP contribution in [0.1, 0.15) is 36.7 Å². The predicted molar refractivity (Wildman–Crippen MR) is 79.8 cm³/mol. The van der Waals surface area contributed by atoms with Gasteiger partial charge in [0.1, 0.15) is 5.82 Å². The topological polar surface area (TPSA) is 24.9 Å². The molecular weight excluding hydrogens is 251 g/mol. The third kappa shape index (κ3) is 3.87. The Balaban J connectivity index is 2.06. The molecule has 106 valence electrons. The molecule has 1 aromatic heterocycles. The van der Waals surface area contributed by atoms with Gasteiger partial charge >= 0.3 is 0 Å². The molecule has 0 spiro atoms. The lowest BCUT2D eigenvalue weighted by Crippen LogP contribution is -2.25. The van der Waals surface area contributed by atoms with Crippen LogP contribution in [0.2, 0.25) is 0 Å². The van der Waals surface area contributed by atoms with Gasteiger partial charge in [-0.05, 0) is 42.2 Å². The van der Waals surface area contributed by atoms with Crippen molar-refractivity contribution in [2.24, 2.45) is 5.92 Å². The van der Waals surface area contributed by atoms with Crippen molar-refractivity contribution >= 4 is 0 Å². The lowest BCUT2D eigenvalue weighted by atomic mass is 9.96. The molecule has 1 N–H and O–H groups in total. The van der Waals surface area contributed by atoms with Crippen LogP contribution in [-0.4, -0.2) is 4.98 Å². The summed E-state index contributed by atoms with van der Waals surface area (Å²) in [5.74, 6) is 0.234. The van der Waals surface area contributed by atoms with E-state index in [0.717, 1.165) is 23.4 Å². The van der Waals surface area contributed by atoms with Crippen molar-refractivity contribution in [3.8, 4) is 0 Å². The van der Waals surface area contributed by atoms with Gasteiger partial charge in [0.25, 0.3) is 0 Å². The maximum atomic E-state index is 13.0. The van der Waals surface area contributed by atoms with Crippen LogP contribution in [0.15, 0.2) is 42.6 Å². The minimum absolute atomic E-state index is 0.195. The van der Waals surface area contributed by atoms with Crippen molar-refractivity contribution in [3.63, 3.8) is 0 Å². The number of rotatable bonds is 5. The lowest BCUT2D eigenvalue weighted by Gasteiger charge is -2.23. The maximum absolute atomic E-state index is 13.0. The summed E-state index contributed by atoms with van der Waals surface area (Å²) in [5.41, 5.74) is 3.29. The Morgan fingerprint density at radius 1 is 1.10 bits per heavy atom. The molecule has 1 aromatic carbocycles. The molecule has 0 saturated carbocycles. The smallest absolute Gasteiger partial charge is 0.123 e. The van der Waals surface area contributed by atoms with Gasteiger partial charge in [-0.1, -0.05) is 32.0 Å². The highest BCUT2D eigenvalue weighted by molar-refractivity contribution is 5.21. The molecule has 0 aliphatic rings. The first-order chi connectivity index (χ1) is 9.56. The highest BCUT2D eigenvalue weighted by Crippen LogP contribution is 2.22. The van der Waals surface area contributed by atoms with Crippen LogP contribution in [0, 0.1) is 18.7 Å². The van der Waals surface area contributed by atoms with E-state index in [9.17, 15) is 4.39 Å². The van der Waals surface area contributed by atoms with E-state index in [0.29, 0.717) is 5.92 Å². The van der Waals surface area contributed by atoms with Gasteiger partial charge in [-0.2, -0.15) is 0 Å². The van der Waals surface area contributed by atoms with Crippen molar-refractivity contribution in [1.82, 2.24) is 10.3 Å². The van der Waals surface area contributed by atoms with Crippen molar-refractivity contribution in [2.45, 2.75) is 33.4 Å². The maximum Gasteiger partial charge on any atom is 0.123 e. The quantitative estimate of drug-likeness (QED) is 0.889. The van der Waals surface area contributed by atoms with Crippen LogP contribution < -0.4 is 5.32 Å². The molecule has 1 heterocycles. The summed E-state index contributed by atoms with van der Waals surface area (Å²) in [5, 5.41) is 3.53. The molecule has 0 bridgehead atoms. The molecule has 20 heavy (non-hydrogen) atoms. The van der Waals surface area contributed by atoms with E-state index >= 15 is 0 Å². The standard InChI is InChI=1S/C17H21FN2/c1-12(2)17(15-6-8-16(18)9-7-15)20-11-14-5-4-13(3)19-10-14/h4-10,12,17,20H,11H2,1-3H3. The van der Waals surface area contributed by atoms with Crippen molar-refractivity contribution < 1.29 is 4.39 Å². The Bertz CT molecular complexity index is 532. The Kier molecular flexibility index (Phi) is 4.85. The summed E-state index contributed by atoms with van der Waals surface area (Å²) in [6, 6.07) is 11.0. The second-order valence-electron chi connectivity index (χ2n) is 5.46. The summed E-state index contributed by atoms with van der Waals surface area (Å²) >= 11 is 0. The Morgan fingerprint density at radius 3 is 2.35 bits per heavy atom. The minimum atomic E-state index is -0.195. The Hall–Kier alpha value is -1.74. The van der Waals surface area contributed by atoms with Gasteiger partial charge in [-0.15, -0.1) is 0 Å². The van der Waals surface area contributed by atoms with Gasteiger partial charge in [0.05, 0.1) is 0 Å². The highest BCUT2D eigenvalue weighted by Gasteiger charge is 2.15. The number of benzene rings is 1. The zero-order valence-electron chi connectivity index (χ0n) is 12.2. The molecule has 1 atom stereocenters. The van der Waals surface area contributed by atoms with Crippen LogP contribution in [0.25, 0.3) is 0 Å². The summed E-state index contributed by atoms with van der Waals surface area (Å²) < 4.78 is 13.0. The van der Waals surface area contributed by atoms with Gasteiger partial charge < -0.3 is 5.32 Å². The molecule has 2 nitrogen and oxygen atoms in total. The number of nitrogens with zero attached hydrogens (tertiary/aromatic N) is 1. The predicted octanol–water partition coefficient (Wildman–Crippen LogP) is 4.02. The van der Waals surface area contributed by atoms with E-state index in [1.165, 1.54) is 12.1 Å². The number of hydrogen-bond donors (Lipinski definition) is 1. The molecule has 0 fully saturated rings. The molecule has 3 heteroatoms. The second-order valence-corrected chi connectivity index (χ2v) is 5.46. The molecular formula is C17H21FN2. The Morgan fingerprint density at radius 2 is 1.80 bits per heavy atom. The van der Waals surface area contributed by atoms with Crippen LogP contribution >= 0.6 is 0 Å². The molecule has 1 unspecified atom stereocenters. The number of pyridine rings is 1. The number of nitrogens with one attached hydrogen (secondary N) is 1. The molecule has 2 aromatic rings. The first kappa shape index (κ1) is 14.7. The van der Waals surface area contributed by atoms with Gasteiger partial charge in [0.2, 0.25) is 0 Å². The van der Waals surface area contributed by atoms with E-state index in [1.807, 2.05) is 31.3 Å². The van der Waals surface area contributed by atoms with Gasteiger partial charge in [-0.3, -0.25) is 4.98 Å². The second kappa shape index (κ2) is 6.62. The molecule has 0 radical (unpaired) electrons. The number of aromatic nitrogens is 1. The van der Waals surface area contributed by atoms with E-state index in [4.69, 9.17) is 0 Å². The largest absolute Gasteiger partial charge is 0.306 e. The molecule has 0 aliphatic carbocycles. The monoisotopic (exact) mass is 272 g/mol. The van der Waals surface area contributed by atoms with E-state index in [-0.39, 0.29) is 11.9 Å². The minimum Gasteiger partial charge on any atom is -0.306 e. The summed E-state index contributed by atoms with van der Waals surface area (Å²) in [6.07, 6.45) is 1.89. The van der Waals surface area contributed by atoms with Crippen LogP contribution in [0.4, 0.5) is 4.39 Å². The van der Waals surface area contributed by atoms with Crippen molar-refractivity contribution in [3.05, 3.63) is 65.2 Å². The molecule has 0 aliphatic heterocycles. The third-order valence-electron chi connectivity index (χ3n) is 3.39. The number of halogens is 1. The SMILES string of the molecule is Cc1ccc(CNC(c2ccc(F)cc2)C(C)C)cn1. The van der Waals surface area contributed by atoms with Gasteiger partial charge in [0, 0.05) is 24.5 Å². The summed E-state index contributed by atoms with van der Waals surface area (Å²) in [7, 11) is 0. The van der Waals surface area contributed by atoms with Crippen molar-refractivity contribution in [2.75, 3.05) is 0 Å². The summed E-state index contributed by atoms with van der Waals surface area (Å²) in [4.78, 5) is 4.30. The fourth-order valence-corrected chi connectivity index (χ4v) is 2.24. The average Bonchev–Trinajstić information content (AvgIpc) is 2.43. The summed E-state index contributed by atoms with van der Waals surface area (Å²) in [6.45, 7) is 7.06. The first-order valence-electron chi connectivity index (χ1n) is 6.96. The fourth-order valence-electron chi connectivity index (χ4n) is 2.24. The normalized spacial score (nSPS) is 12.7. The average molecular weight is 272 g/mol. The zero-order valence-corrected chi connectivity index (χ0v) is 12.2. The van der Waals surface area contributed by atoms with Crippen LogP contribution in [-0.2, 0) is 6.54 Å². The van der Waals surface area contributed by atoms with E-state index < -0.39 is 0 Å². The third-order valence-corrected chi connectivity index (χ3v) is 3.39. The molecule has 0 amide bonds. The van der Waals surface area contributed by atoms with Gasteiger partial charge in [0.15, 0.2) is 0 Å². The molecule has 0 saturated heterocycles. The van der Waals surface area contributed by atoms with E-state index in [2.05, 4.69) is 30.2 Å². The first-order valence-corrected chi connectivity index (χ1v) is 6.96. The lowest BCUT2D eigenvalue weighted by molar-refractivity contribution is 0.410.